The Morgan fingerprint density at radius 3 is 2.78 bits per heavy atom. The maximum atomic E-state index is 12.5. The molecule has 3 rings (SSSR count). The number of nitrogens with one attached hydrogen (secondary N) is 3. The van der Waals surface area contributed by atoms with E-state index in [-0.39, 0.29) is 31.5 Å². The fourth-order valence-electron chi connectivity index (χ4n) is 2.89. The van der Waals surface area contributed by atoms with Crippen molar-refractivity contribution in [3.05, 3.63) is 42.0 Å². The lowest BCUT2D eigenvalue weighted by Crippen LogP contribution is -3.16. The molecule has 1 aromatic heterocycles. The van der Waals surface area contributed by atoms with E-state index >= 15 is 0 Å². The average Bonchev–Trinajstić information content (AvgIpc) is 3.06. The minimum Gasteiger partial charge on any atom is -0.462 e. The molecule has 1 aliphatic rings. The number of anilines is 1. The van der Waals surface area contributed by atoms with Crippen LogP contribution in [0.4, 0.5) is 5.00 Å². The van der Waals surface area contributed by atoms with Gasteiger partial charge in [-0.05, 0) is 18.6 Å². The average molecular weight is 388 g/mol. The van der Waals surface area contributed by atoms with Crippen LogP contribution in [0.2, 0.25) is 0 Å². The lowest BCUT2D eigenvalue weighted by molar-refractivity contribution is -0.885. The lowest BCUT2D eigenvalue weighted by atomic mass is 10.1. The number of rotatable bonds is 6. The molecule has 0 saturated carbocycles. The number of ether oxygens (including phenoxy) is 1. The van der Waals surface area contributed by atoms with Crippen LogP contribution in [0.1, 0.15) is 17.3 Å². The van der Waals surface area contributed by atoms with Gasteiger partial charge in [0.25, 0.3) is 11.8 Å². The number of thiophene rings is 1. The molecule has 7 nitrogen and oxygen atoms in total. The molecular weight excluding hydrogens is 366 g/mol. The van der Waals surface area contributed by atoms with Gasteiger partial charge in [0, 0.05) is 4.88 Å². The summed E-state index contributed by atoms with van der Waals surface area (Å²) in [5, 5.41) is 6.04. The van der Waals surface area contributed by atoms with Crippen molar-refractivity contribution in [3.8, 4) is 10.4 Å². The number of quaternary nitrogens is 1. The normalized spacial score (nSPS) is 16.5. The Morgan fingerprint density at radius 1 is 1.30 bits per heavy atom. The van der Waals surface area contributed by atoms with Gasteiger partial charge in [0.1, 0.15) is 5.00 Å². The van der Waals surface area contributed by atoms with Gasteiger partial charge in [0.05, 0.1) is 25.3 Å². The second kappa shape index (κ2) is 8.79. The zero-order chi connectivity index (χ0) is 19.2. The molecule has 3 N–H and O–H groups in total. The van der Waals surface area contributed by atoms with Gasteiger partial charge in [-0.2, -0.15) is 0 Å². The zero-order valence-corrected chi connectivity index (χ0v) is 15.9. The highest BCUT2D eigenvalue weighted by atomic mass is 32.1. The third-order valence-corrected chi connectivity index (χ3v) is 5.26. The summed E-state index contributed by atoms with van der Waals surface area (Å²) in [7, 11) is 0. The summed E-state index contributed by atoms with van der Waals surface area (Å²) in [4.78, 5) is 38.0. The highest BCUT2D eigenvalue weighted by Crippen LogP contribution is 2.35. The van der Waals surface area contributed by atoms with Crippen molar-refractivity contribution in [2.24, 2.45) is 0 Å². The molecule has 2 amide bonds. The number of esters is 1. The minimum atomic E-state index is -0.462. The standard InChI is InChI=1S/C19H21N3O4S/c1-2-26-19(25)14-10-15(13-6-4-3-5-7-13)27-18(14)21-17(24)12-22-9-8-20-16(23)11-22/h3-7,10H,2,8-9,11-12H2,1H3,(H,20,23)(H,21,24)/p+1. The number of carbonyl (C=O) groups excluding carboxylic acids is 3. The monoisotopic (exact) mass is 388 g/mol. The topological polar surface area (TPSA) is 88.9 Å². The van der Waals surface area contributed by atoms with E-state index in [2.05, 4.69) is 10.6 Å². The van der Waals surface area contributed by atoms with E-state index in [0.29, 0.717) is 23.7 Å². The van der Waals surface area contributed by atoms with Gasteiger partial charge in [-0.3, -0.25) is 9.59 Å². The predicted octanol–water partition coefficient (Wildman–Crippen LogP) is 0.545. The van der Waals surface area contributed by atoms with Gasteiger partial charge in [0.2, 0.25) is 0 Å². The summed E-state index contributed by atoms with van der Waals surface area (Å²) in [6.45, 7) is 3.71. The quantitative estimate of drug-likeness (QED) is 0.631. The number of amides is 2. The molecule has 0 spiro atoms. The van der Waals surface area contributed by atoms with Crippen molar-refractivity contribution in [2.75, 3.05) is 38.1 Å². The lowest BCUT2D eigenvalue weighted by Gasteiger charge is -2.22. The summed E-state index contributed by atoms with van der Waals surface area (Å²) >= 11 is 1.34. The first-order valence-corrected chi connectivity index (χ1v) is 9.65. The van der Waals surface area contributed by atoms with Crippen molar-refractivity contribution in [1.82, 2.24) is 5.32 Å². The number of hydrogen-bond donors (Lipinski definition) is 3. The molecule has 2 heterocycles. The second-order valence-electron chi connectivity index (χ2n) is 6.19. The van der Waals surface area contributed by atoms with Crippen molar-refractivity contribution in [2.45, 2.75) is 6.92 Å². The molecule has 2 aromatic rings. The van der Waals surface area contributed by atoms with E-state index in [1.807, 2.05) is 30.3 Å². The predicted molar refractivity (Wildman–Crippen MR) is 103 cm³/mol. The van der Waals surface area contributed by atoms with E-state index in [1.54, 1.807) is 13.0 Å². The second-order valence-corrected chi connectivity index (χ2v) is 7.24. The third kappa shape index (κ3) is 4.93. The summed E-state index contributed by atoms with van der Waals surface area (Å²) in [6, 6.07) is 11.4. The number of piperazine rings is 1. The van der Waals surface area contributed by atoms with Crippen molar-refractivity contribution >= 4 is 34.1 Å². The largest absolute Gasteiger partial charge is 0.462 e. The van der Waals surface area contributed by atoms with Gasteiger partial charge >= 0.3 is 5.97 Å². The van der Waals surface area contributed by atoms with Crippen LogP contribution in [0.15, 0.2) is 36.4 Å². The molecule has 27 heavy (non-hydrogen) atoms. The minimum absolute atomic E-state index is 0.0567. The molecule has 1 atom stereocenters. The van der Waals surface area contributed by atoms with Crippen molar-refractivity contribution in [1.29, 1.82) is 0 Å². The van der Waals surface area contributed by atoms with E-state index in [1.165, 1.54) is 11.3 Å². The SMILES string of the molecule is CCOC(=O)c1cc(-c2ccccc2)sc1NC(=O)C[NH+]1CCNC(=O)C1. The highest BCUT2D eigenvalue weighted by Gasteiger charge is 2.24. The number of carbonyl (C=O) groups is 3. The van der Waals surface area contributed by atoms with Crippen LogP contribution in [0.5, 0.6) is 0 Å². The molecule has 8 heteroatoms. The van der Waals surface area contributed by atoms with Crippen LogP contribution in [-0.4, -0.2) is 50.6 Å². The Kier molecular flexibility index (Phi) is 6.20. The van der Waals surface area contributed by atoms with Crippen LogP contribution in [0.25, 0.3) is 10.4 Å². The molecule has 0 radical (unpaired) electrons. The first kappa shape index (κ1) is 19.1. The van der Waals surface area contributed by atoms with Gasteiger partial charge in [-0.25, -0.2) is 4.79 Å². The maximum Gasteiger partial charge on any atom is 0.341 e. The van der Waals surface area contributed by atoms with Crippen LogP contribution in [0.3, 0.4) is 0 Å². The Balaban J connectivity index is 1.78. The molecule has 1 fully saturated rings. The van der Waals surface area contributed by atoms with Crippen LogP contribution in [0, 0.1) is 0 Å². The maximum absolute atomic E-state index is 12.5. The summed E-state index contributed by atoms with van der Waals surface area (Å²) in [5.74, 6) is -0.749. The van der Waals surface area contributed by atoms with E-state index in [4.69, 9.17) is 4.74 Å². The molecule has 0 bridgehead atoms. The van der Waals surface area contributed by atoms with Gasteiger partial charge < -0.3 is 20.3 Å². The van der Waals surface area contributed by atoms with Crippen molar-refractivity contribution < 1.29 is 24.0 Å². The zero-order valence-electron chi connectivity index (χ0n) is 15.0. The summed E-state index contributed by atoms with van der Waals surface area (Å²) in [6.07, 6.45) is 0. The smallest absolute Gasteiger partial charge is 0.341 e. The highest BCUT2D eigenvalue weighted by molar-refractivity contribution is 7.20. The van der Waals surface area contributed by atoms with Crippen LogP contribution >= 0.6 is 11.3 Å². The first-order valence-electron chi connectivity index (χ1n) is 8.83. The van der Waals surface area contributed by atoms with Gasteiger partial charge in [0.15, 0.2) is 13.1 Å². The first-order chi connectivity index (χ1) is 13.1. The molecule has 1 saturated heterocycles. The Hall–Kier alpha value is -2.71. The van der Waals surface area contributed by atoms with Gasteiger partial charge in [-0.1, -0.05) is 30.3 Å². The van der Waals surface area contributed by atoms with E-state index in [0.717, 1.165) is 15.3 Å². The van der Waals surface area contributed by atoms with Gasteiger partial charge in [-0.15, -0.1) is 11.3 Å². The number of benzene rings is 1. The van der Waals surface area contributed by atoms with Crippen LogP contribution in [-0.2, 0) is 14.3 Å². The Bertz CT molecular complexity index is 835. The third-order valence-electron chi connectivity index (χ3n) is 4.16. The molecule has 1 aromatic carbocycles. The fourth-order valence-corrected chi connectivity index (χ4v) is 3.96. The van der Waals surface area contributed by atoms with E-state index in [9.17, 15) is 14.4 Å². The fraction of sp³-hybridized carbons (Fsp3) is 0.316. The van der Waals surface area contributed by atoms with Crippen LogP contribution < -0.4 is 15.5 Å². The molecular formula is C19H22N3O4S+. The van der Waals surface area contributed by atoms with E-state index < -0.39 is 5.97 Å². The molecule has 1 aliphatic heterocycles. The Labute approximate surface area is 161 Å². The number of hydrogen-bond acceptors (Lipinski definition) is 5. The summed E-state index contributed by atoms with van der Waals surface area (Å²) < 4.78 is 5.12. The molecule has 1 unspecified atom stereocenters. The van der Waals surface area contributed by atoms with Crippen molar-refractivity contribution in [3.63, 3.8) is 0 Å². The Morgan fingerprint density at radius 2 is 2.07 bits per heavy atom. The molecule has 142 valence electrons. The summed E-state index contributed by atoms with van der Waals surface area (Å²) in [5.41, 5.74) is 1.31. The molecule has 0 aliphatic carbocycles.